The van der Waals surface area contributed by atoms with Crippen molar-refractivity contribution in [3.05, 3.63) is 54.1 Å². The summed E-state index contributed by atoms with van der Waals surface area (Å²) >= 11 is 0. The molecular weight excluding hydrogens is 416 g/mol. The summed E-state index contributed by atoms with van der Waals surface area (Å²) in [6.07, 6.45) is 1.67. The van der Waals surface area contributed by atoms with E-state index < -0.39 is 10.0 Å². The number of fused-ring (bicyclic) bond motifs is 3. The van der Waals surface area contributed by atoms with Gasteiger partial charge in [0.15, 0.2) is 0 Å². The summed E-state index contributed by atoms with van der Waals surface area (Å²) < 4.78 is 32.2. The fraction of sp³-hybridized carbons (Fsp3) is 0.409. The van der Waals surface area contributed by atoms with Gasteiger partial charge in [0.05, 0.1) is 23.7 Å². The Morgan fingerprint density at radius 1 is 1.16 bits per heavy atom. The molecule has 0 bridgehead atoms. The molecule has 2 atom stereocenters. The molecule has 0 saturated carbocycles. The zero-order valence-electron chi connectivity index (χ0n) is 18.0. The fourth-order valence-corrected chi connectivity index (χ4v) is 4.74. The molecule has 166 valence electrons. The van der Waals surface area contributed by atoms with Gasteiger partial charge in [-0.05, 0) is 50.8 Å². The molecule has 1 N–H and O–H groups in total. The van der Waals surface area contributed by atoms with Gasteiger partial charge in [-0.15, -0.1) is 0 Å². The molecule has 2 amide bonds. The number of sulfonamides is 1. The third-order valence-corrected chi connectivity index (χ3v) is 6.11. The second-order valence-corrected chi connectivity index (χ2v) is 10.1. The number of benzene rings is 2. The van der Waals surface area contributed by atoms with Gasteiger partial charge in [-0.1, -0.05) is 30.3 Å². The number of hydrogen-bond donors (Lipinski definition) is 1. The molecule has 0 radical (unpaired) electrons. The second kappa shape index (κ2) is 8.39. The number of ether oxygens (including phenoxy) is 1. The van der Waals surface area contributed by atoms with E-state index in [1.165, 1.54) is 0 Å². The number of carbonyl (C=O) groups is 1. The minimum absolute atomic E-state index is 0.0780. The van der Waals surface area contributed by atoms with Gasteiger partial charge in [0, 0.05) is 13.1 Å². The molecule has 2 heterocycles. The van der Waals surface area contributed by atoms with Crippen molar-refractivity contribution >= 4 is 27.4 Å². The lowest BCUT2D eigenvalue weighted by Crippen LogP contribution is -2.43. The number of amides is 2. The Labute approximate surface area is 183 Å². The molecule has 31 heavy (non-hydrogen) atoms. The zero-order valence-corrected chi connectivity index (χ0v) is 18.8. The number of urea groups is 1. The predicted octanol–water partition coefficient (Wildman–Crippen LogP) is 2.75. The lowest BCUT2D eigenvalue weighted by Gasteiger charge is -2.37. The molecule has 1 fully saturated rings. The molecule has 2 unspecified atom stereocenters. The van der Waals surface area contributed by atoms with Gasteiger partial charge in [0.2, 0.25) is 10.0 Å². The van der Waals surface area contributed by atoms with Crippen molar-refractivity contribution in [1.82, 2.24) is 9.80 Å². The van der Waals surface area contributed by atoms with E-state index in [9.17, 15) is 13.2 Å². The van der Waals surface area contributed by atoms with Gasteiger partial charge in [0.25, 0.3) is 0 Å². The maximum Gasteiger partial charge on any atom is 0.325 e. The van der Waals surface area contributed by atoms with Crippen molar-refractivity contribution in [3.63, 3.8) is 0 Å². The Balaban J connectivity index is 1.69. The van der Waals surface area contributed by atoms with Crippen LogP contribution in [0.5, 0.6) is 5.75 Å². The number of nitrogens with zero attached hydrogens (tertiary/aromatic N) is 3. The molecular formula is C22H28N4O4S. The summed E-state index contributed by atoms with van der Waals surface area (Å²) in [5, 5.41) is 0. The van der Waals surface area contributed by atoms with Crippen LogP contribution in [0.3, 0.4) is 0 Å². The molecule has 9 heteroatoms. The number of carbonyl (C=O) groups excluding carboxylic acids is 1. The lowest BCUT2D eigenvalue weighted by molar-refractivity contribution is 0.159. The zero-order chi connectivity index (χ0) is 22.2. The van der Waals surface area contributed by atoms with Crippen LogP contribution in [0.1, 0.15) is 18.1 Å². The van der Waals surface area contributed by atoms with Gasteiger partial charge in [-0.2, -0.15) is 0 Å². The second-order valence-electron chi connectivity index (χ2n) is 8.33. The Hall–Kier alpha value is -2.78. The van der Waals surface area contributed by atoms with E-state index >= 15 is 0 Å². The third kappa shape index (κ3) is 4.62. The SMILES string of the molecule is CN(C)CCCN1CC2C(c3ccccc3)Oc3ccc(NS(C)(=O)=O)cc3N2C1=O. The quantitative estimate of drug-likeness (QED) is 0.710. The average Bonchev–Trinajstić information content (AvgIpc) is 3.03. The van der Waals surface area contributed by atoms with E-state index in [1.54, 1.807) is 23.1 Å². The van der Waals surface area contributed by atoms with Crippen LogP contribution in [-0.4, -0.2) is 70.3 Å². The van der Waals surface area contributed by atoms with Crippen molar-refractivity contribution in [2.75, 3.05) is 49.6 Å². The Kier molecular flexibility index (Phi) is 5.81. The van der Waals surface area contributed by atoms with Gasteiger partial charge < -0.3 is 14.5 Å². The van der Waals surface area contributed by atoms with Crippen molar-refractivity contribution < 1.29 is 17.9 Å². The van der Waals surface area contributed by atoms with E-state index in [-0.39, 0.29) is 18.2 Å². The van der Waals surface area contributed by atoms with Crippen molar-refractivity contribution in [1.29, 1.82) is 0 Å². The van der Waals surface area contributed by atoms with Crippen molar-refractivity contribution in [2.24, 2.45) is 0 Å². The summed E-state index contributed by atoms with van der Waals surface area (Å²) in [5.41, 5.74) is 2.00. The van der Waals surface area contributed by atoms with Crippen LogP contribution in [0, 0.1) is 0 Å². The summed E-state index contributed by atoms with van der Waals surface area (Å²) in [4.78, 5) is 19.1. The first-order chi connectivity index (χ1) is 14.7. The molecule has 4 rings (SSSR count). The van der Waals surface area contributed by atoms with E-state index in [0.717, 1.165) is 24.8 Å². The summed E-state index contributed by atoms with van der Waals surface area (Å²) in [6.45, 7) is 2.10. The van der Waals surface area contributed by atoms with Crippen LogP contribution in [0.4, 0.5) is 16.2 Å². The van der Waals surface area contributed by atoms with Gasteiger partial charge in [0.1, 0.15) is 11.9 Å². The lowest BCUT2D eigenvalue weighted by atomic mass is 9.99. The number of anilines is 2. The van der Waals surface area contributed by atoms with Crippen LogP contribution in [-0.2, 0) is 10.0 Å². The van der Waals surface area contributed by atoms with Crippen LogP contribution in [0.15, 0.2) is 48.5 Å². The topological polar surface area (TPSA) is 82.2 Å². The highest BCUT2D eigenvalue weighted by atomic mass is 32.2. The highest BCUT2D eigenvalue weighted by molar-refractivity contribution is 7.92. The molecule has 0 spiro atoms. The summed E-state index contributed by atoms with van der Waals surface area (Å²) in [5.74, 6) is 0.563. The van der Waals surface area contributed by atoms with Crippen LogP contribution < -0.4 is 14.4 Å². The maximum absolute atomic E-state index is 13.4. The Bertz CT molecular complexity index is 1060. The number of nitrogens with one attached hydrogen (secondary N) is 1. The standard InChI is InChI=1S/C22H28N4O4S/c1-24(2)12-7-13-25-15-19-21(16-8-5-4-6-9-16)30-20-11-10-17(23-31(3,28)29)14-18(20)26(19)22(25)27/h4-6,8-11,14,19,21,23H,7,12-13,15H2,1-3H3. The Morgan fingerprint density at radius 3 is 2.58 bits per heavy atom. The predicted molar refractivity (Wildman–Crippen MR) is 121 cm³/mol. The average molecular weight is 445 g/mol. The smallest absolute Gasteiger partial charge is 0.325 e. The summed E-state index contributed by atoms with van der Waals surface area (Å²) in [6, 6.07) is 14.7. The van der Waals surface area contributed by atoms with E-state index in [1.807, 2.05) is 49.3 Å². The third-order valence-electron chi connectivity index (χ3n) is 5.50. The highest BCUT2D eigenvalue weighted by Gasteiger charge is 2.47. The molecule has 8 nitrogen and oxygen atoms in total. The molecule has 2 aliphatic heterocycles. The van der Waals surface area contributed by atoms with E-state index in [4.69, 9.17) is 4.74 Å². The van der Waals surface area contributed by atoms with Gasteiger partial charge >= 0.3 is 6.03 Å². The van der Waals surface area contributed by atoms with Gasteiger partial charge in [-0.25, -0.2) is 13.2 Å². The first-order valence-electron chi connectivity index (χ1n) is 10.3. The first-order valence-corrected chi connectivity index (χ1v) is 12.2. The molecule has 2 aromatic carbocycles. The number of rotatable bonds is 7. The van der Waals surface area contributed by atoms with Gasteiger partial charge in [-0.3, -0.25) is 9.62 Å². The first kappa shape index (κ1) is 21.5. The summed E-state index contributed by atoms with van der Waals surface area (Å²) in [7, 11) is 0.596. The normalized spacial score (nSPS) is 20.5. The largest absolute Gasteiger partial charge is 0.481 e. The minimum Gasteiger partial charge on any atom is -0.481 e. The van der Waals surface area contributed by atoms with E-state index in [2.05, 4.69) is 9.62 Å². The Morgan fingerprint density at radius 2 is 1.90 bits per heavy atom. The molecule has 0 aromatic heterocycles. The van der Waals surface area contributed by atoms with E-state index in [0.29, 0.717) is 30.2 Å². The monoisotopic (exact) mass is 444 g/mol. The molecule has 1 saturated heterocycles. The van der Waals surface area contributed by atoms with Crippen LogP contribution >= 0.6 is 0 Å². The highest BCUT2D eigenvalue weighted by Crippen LogP contribution is 2.46. The molecule has 2 aliphatic rings. The fourth-order valence-electron chi connectivity index (χ4n) is 4.19. The van der Waals surface area contributed by atoms with Crippen LogP contribution in [0.25, 0.3) is 0 Å². The minimum atomic E-state index is -3.43. The maximum atomic E-state index is 13.4. The molecule has 0 aliphatic carbocycles. The van der Waals surface area contributed by atoms with Crippen molar-refractivity contribution in [3.8, 4) is 5.75 Å². The number of hydrogen-bond acceptors (Lipinski definition) is 5. The molecule has 2 aromatic rings. The van der Waals surface area contributed by atoms with Crippen molar-refractivity contribution in [2.45, 2.75) is 18.6 Å². The van der Waals surface area contributed by atoms with Crippen LogP contribution in [0.2, 0.25) is 0 Å².